The summed E-state index contributed by atoms with van der Waals surface area (Å²) in [6.45, 7) is 1.20. The Morgan fingerprint density at radius 1 is 1.15 bits per heavy atom. The van der Waals surface area contributed by atoms with E-state index in [-0.39, 0.29) is 6.03 Å². The summed E-state index contributed by atoms with van der Waals surface area (Å²) in [4.78, 5) is 17.6. The Balaban J connectivity index is 1.48. The van der Waals surface area contributed by atoms with Gasteiger partial charge < -0.3 is 15.2 Å². The molecule has 2 heterocycles. The van der Waals surface area contributed by atoms with Gasteiger partial charge in [-0.2, -0.15) is 0 Å². The number of aromatic nitrogens is 1. The summed E-state index contributed by atoms with van der Waals surface area (Å²) in [5, 5.41) is 5.05. The van der Waals surface area contributed by atoms with Gasteiger partial charge >= 0.3 is 6.03 Å². The number of urea groups is 1. The number of rotatable bonds is 2. The minimum atomic E-state index is -0.177. The van der Waals surface area contributed by atoms with E-state index in [0.717, 1.165) is 11.9 Å². The minimum absolute atomic E-state index is 0.177. The maximum atomic E-state index is 12.5. The van der Waals surface area contributed by atoms with Crippen molar-refractivity contribution in [3.8, 4) is 0 Å². The Bertz CT molecular complexity index is 1010. The van der Waals surface area contributed by atoms with E-state index in [0.29, 0.717) is 28.8 Å². The fraction of sp³-hybridized carbons (Fsp3) is 0.150. The minimum Gasteiger partial charge on any atom is -0.361 e. The maximum absolute atomic E-state index is 12.5. The van der Waals surface area contributed by atoms with Crippen LogP contribution in [0.3, 0.4) is 0 Å². The van der Waals surface area contributed by atoms with E-state index in [1.54, 1.807) is 23.1 Å². The monoisotopic (exact) mass is 385 g/mol. The molecule has 0 unspecified atom stereocenters. The first-order valence-corrected chi connectivity index (χ1v) is 9.14. The van der Waals surface area contributed by atoms with Crippen LogP contribution in [0.25, 0.3) is 16.5 Å². The molecule has 1 aliphatic heterocycles. The van der Waals surface area contributed by atoms with Crippen molar-refractivity contribution in [1.29, 1.82) is 0 Å². The first kappa shape index (κ1) is 17.0. The van der Waals surface area contributed by atoms with Crippen molar-refractivity contribution < 1.29 is 4.79 Å². The van der Waals surface area contributed by atoms with Crippen LogP contribution in [0.2, 0.25) is 10.0 Å². The smallest absolute Gasteiger partial charge is 0.322 e. The second-order valence-electron chi connectivity index (χ2n) is 6.23. The van der Waals surface area contributed by atoms with Crippen LogP contribution in [-0.2, 0) is 0 Å². The lowest BCUT2D eigenvalue weighted by Gasteiger charge is -2.27. The summed E-state index contributed by atoms with van der Waals surface area (Å²) >= 11 is 12.1. The molecule has 0 bridgehead atoms. The summed E-state index contributed by atoms with van der Waals surface area (Å²) in [7, 11) is 0. The van der Waals surface area contributed by atoms with Gasteiger partial charge in [-0.25, -0.2) is 4.79 Å². The van der Waals surface area contributed by atoms with Crippen LogP contribution < -0.4 is 5.32 Å². The van der Waals surface area contributed by atoms with E-state index in [4.69, 9.17) is 23.2 Å². The van der Waals surface area contributed by atoms with Gasteiger partial charge in [0.05, 0.1) is 10.7 Å². The highest BCUT2D eigenvalue weighted by molar-refractivity contribution is 6.35. The summed E-state index contributed by atoms with van der Waals surface area (Å²) in [6.07, 6.45) is 4.95. The zero-order chi connectivity index (χ0) is 18.1. The van der Waals surface area contributed by atoms with E-state index in [1.165, 1.54) is 16.5 Å². The average Bonchev–Trinajstić information content (AvgIpc) is 3.09. The normalized spacial score (nSPS) is 14.4. The number of H-pyrrole nitrogens is 1. The molecule has 0 aliphatic carbocycles. The Morgan fingerprint density at radius 3 is 2.81 bits per heavy atom. The Kier molecular flexibility index (Phi) is 4.62. The number of halogens is 2. The summed E-state index contributed by atoms with van der Waals surface area (Å²) < 4.78 is 0. The lowest BCUT2D eigenvalue weighted by Crippen LogP contribution is -2.37. The van der Waals surface area contributed by atoms with Crippen molar-refractivity contribution >= 4 is 51.4 Å². The molecule has 4 nitrogen and oxygen atoms in total. The number of nitrogens with zero attached hydrogens (tertiary/aromatic N) is 1. The van der Waals surface area contributed by atoms with E-state index in [2.05, 4.69) is 28.5 Å². The van der Waals surface area contributed by atoms with Crippen LogP contribution in [-0.4, -0.2) is 29.0 Å². The van der Waals surface area contributed by atoms with Gasteiger partial charge in [-0.15, -0.1) is 0 Å². The van der Waals surface area contributed by atoms with E-state index in [9.17, 15) is 4.79 Å². The third-order valence-electron chi connectivity index (χ3n) is 4.60. The van der Waals surface area contributed by atoms with E-state index >= 15 is 0 Å². The number of nitrogens with one attached hydrogen (secondary N) is 2. The fourth-order valence-electron chi connectivity index (χ4n) is 3.22. The van der Waals surface area contributed by atoms with Crippen molar-refractivity contribution in [2.45, 2.75) is 6.42 Å². The molecular formula is C20H17Cl2N3O. The number of hydrogen-bond donors (Lipinski definition) is 2. The van der Waals surface area contributed by atoms with Crippen LogP contribution in [0.1, 0.15) is 12.0 Å². The number of para-hydroxylation sites is 1. The zero-order valence-corrected chi connectivity index (χ0v) is 15.4. The Labute approximate surface area is 161 Å². The van der Waals surface area contributed by atoms with Gasteiger partial charge in [-0.3, -0.25) is 0 Å². The van der Waals surface area contributed by atoms with Crippen LogP contribution in [0.5, 0.6) is 0 Å². The highest BCUT2D eigenvalue weighted by atomic mass is 35.5. The number of carbonyl (C=O) groups is 1. The van der Waals surface area contributed by atoms with Gasteiger partial charge in [-0.1, -0.05) is 47.5 Å². The van der Waals surface area contributed by atoms with Gasteiger partial charge in [0.15, 0.2) is 0 Å². The molecule has 0 saturated carbocycles. The van der Waals surface area contributed by atoms with Crippen LogP contribution in [0.4, 0.5) is 10.5 Å². The topological polar surface area (TPSA) is 48.1 Å². The lowest BCUT2D eigenvalue weighted by atomic mass is 9.99. The second kappa shape index (κ2) is 7.06. The number of aromatic amines is 1. The quantitative estimate of drug-likeness (QED) is 0.575. The molecule has 1 aliphatic rings. The molecule has 6 heteroatoms. The fourth-order valence-corrected chi connectivity index (χ4v) is 3.56. The lowest BCUT2D eigenvalue weighted by molar-refractivity contribution is 0.217. The molecule has 4 rings (SSSR count). The third kappa shape index (κ3) is 3.30. The first-order chi connectivity index (χ1) is 12.6. The molecule has 0 atom stereocenters. The number of amides is 2. The van der Waals surface area contributed by atoms with Crippen molar-refractivity contribution in [3.05, 3.63) is 70.3 Å². The van der Waals surface area contributed by atoms with Gasteiger partial charge in [0, 0.05) is 40.8 Å². The first-order valence-electron chi connectivity index (χ1n) is 8.38. The third-order valence-corrected chi connectivity index (χ3v) is 5.17. The second-order valence-corrected chi connectivity index (χ2v) is 7.07. The summed E-state index contributed by atoms with van der Waals surface area (Å²) in [5.41, 5.74) is 4.11. The number of carbonyl (C=O) groups excluding carboxylic acids is 1. The van der Waals surface area contributed by atoms with Gasteiger partial charge in [0.25, 0.3) is 0 Å². The predicted octanol–water partition coefficient (Wildman–Crippen LogP) is 5.80. The number of anilines is 1. The molecule has 2 aromatic carbocycles. The van der Waals surface area contributed by atoms with Crippen LogP contribution in [0.15, 0.2) is 54.7 Å². The Morgan fingerprint density at radius 2 is 2.00 bits per heavy atom. The standard InChI is InChI=1S/C20H17Cl2N3O/c21-14-5-6-17(22)19(11-14)24-20(26)25-9-7-13(8-10-25)16-12-23-18-4-2-1-3-15(16)18/h1-7,11-12,23H,8-10H2,(H,24,26). The van der Waals surface area contributed by atoms with Crippen LogP contribution >= 0.6 is 23.2 Å². The number of fused-ring (bicyclic) bond motifs is 1. The molecule has 0 spiro atoms. The Hall–Kier alpha value is -2.43. The molecule has 2 N–H and O–H groups in total. The number of benzene rings is 2. The molecule has 0 saturated heterocycles. The van der Waals surface area contributed by atoms with Crippen molar-refractivity contribution in [2.75, 3.05) is 18.4 Å². The molecule has 0 radical (unpaired) electrons. The van der Waals surface area contributed by atoms with Gasteiger partial charge in [0.2, 0.25) is 0 Å². The molecule has 3 aromatic rings. The predicted molar refractivity (Wildman–Crippen MR) is 108 cm³/mol. The highest BCUT2D eigenvalue weighted by Gasteiger charge is 2.20. The zero-order valence-electron chi connectivity index (χ0n) is 13.9. The highest BCUT2D eigenvalue weighted by Crippen LogP contribution is 2.30. The molecule has 1 aromatic heterocycles. The number of hydrogen-bond acceptors (Lipinski definition) is 1. The maximum Gasteiger partial charge on any atom is 0.322 e. The van der Waals surface area contributed by atoms with Crippen molar-refractivity contribution in [1.82, 2.24) is 9.88 Å². The molecule has 2 amide bonds. The summed E-state index contributed by atoms with van der Waals surface area (Å²) in [6, 6.07) is 13.1. The molecule has 0 fully saturated rings. The van der Waals surface area contributed by atoms with Gasteiger partial charge in [0.1, 0.15) is 0 Å². The summed E-state index contributed by atoms with van der Waals surface area (Å²) in [5.74, 6) is 0. The van der Waals surface area contributed by atoms with Crippen molar-refractivity contribution in [3.63, 3.8) is 0 Å². The average molecular weight is 386 g/mol. The largest absolute Gasteiger partial charge is 0.361 e. The molecule has 132 valence electrons. The van der Waals surface area contributed by atoms with Gasteiger partial charge in [-0.05, 0) is 36.3 Å². The van der Waals surface area contributed by atoms with E-state index in [1.807, 2.05) is 18.3 Å². The van der Waals surface area contributed by atoms with E-state index < -0.39 is 0 Å². The molecule has 26 heavy (non-hydrogen) atoms. The molecular weight excluding hydrogens is 369 g/mol. The van der Waals surface area contributed by atoms with Crippen LogP contribution in [0, 0.1) is 0 Å². The van der Waals surface area contributed by atoms with Crippen molar-refractivity contribution in [2.24, 2.45) is 0 Å². The SMILES string of the molecule is O=C(Nc1cc(Cl)ccc1Cl)N1CC=C(c2c[nH]c3ccccc23)CC1.